The van der Waals surface area contributed by atoms with E-state index in [1.165, 1.54) is 6.07 Å². The number of rotatable bonds is 7. The third kappa shape index (κ3) is 5.51. The van der Waals surface area contributed by atoms with Gasteiger partial charge in [0.25, 0.3) is 15.9 Å². The van der Waals surface area contributed by atoms with Crippen molar-refractivity contribution in [3.8, 4) is 0 Å². The van der Waals surface area contributed by atoms with E-state index in [9.17, 15) is 13.2 Å². The Balaban J connectivity index is 1.87. The number of nitrogens with one attached hydrogen (secondary N) is 2. The van der Waals surface area contributed by atoms with Crippen LogP contribution in [0.1, 0.15) is 32.6 Å². The van der Waals surface area contributed by atoms with Crippen molar-refractivity contribution in [1.29, 1.82) is 0 Å². The molecular formula is C24H26N2O4S. The maximum absolute atomic E-state index is 13.1. The molecule has 0 aliphatic carbocycles. The summed E-state index contributed by atoms with van der Waals surface area (Å²) in [6, 6.07) is 17.5. The minimum Gasteiger partial charge on any atom is -0.380 e. The van der Waals surface area contributed by atoms with Gasteiger partial charge in [0.05, 0.1) is 17.2 Å². The number of methoxy groups -OCH3 is 1. The first-order valence-corrected chi connectivity index (χ1v) is 11.3. The Kier molecular flexibility index (Phi) is 6.77. The fourth-order valence-corrected chi connectivity index (χ4v) is 4.58. The molecule has 0 radical (unpaired) electrons. The molecule has 0 aliphatic rings. The first-order chi connectivity index (χ1) is 14.7. The topological polar surface area (TPSA) is 84.5 Å². The zero-order valence-electron chi connectivity index (χ0n) is 18.0. The molecule has 1 amide bonds. The number of anilines is 2. The van der Waals surface area contributed by atoms with E-state index in [1.807, 2.05) is 44.2 Å². The molecule has 3 rings (SSSR count). The normalized spacial score (nSPS) is 11.2. The standard InChI is InChI=1S/C24H26N2O4S/c1-16-8-9-17(2)22(12-16)26-31(28,29)23-14-20(11-10-18(23)3)24(27)25-21-7-5-6-19(13-21)15-30-4/h5-14,26H,15H2,1-4H3,(H,25,27). The van der Waals surface area contributed by atoms with E-state index in [4.69, 9.17) is 4.74 Å². The molecule has 0 fully saturated rings. The van der Waals surface area contributed by atoms with Crippen molar-refractivity contribution in [1.82, 2.24) is 0 Å². The number of carbonyl (C=O) groups is 1. The van der Waals surface area contributed by atoms with Gasteiger partial charge in [-0.15, -0.1) is 0 Å². The van der Waals surface area contributed by atoms with Crippen molar-refractivity contribution in [3.05, 3.63) is 88.5 Å². The highest BCUT2D eigenvalue weighted by Crippen LogP contribution is 2.24. The molecule has 3 aromatic carbocycles. The van der Waals surface area contributed by atoms with Crippen LogP contribution in [-0.4, -0.2) is 21.4 Å². The third-order valence-electron chi connectivity index (χ3n) is 4.87. The van der Waals surface area contributed by atoms with Crippen molar-refractivity contribution in [2.75, 3.05) is 17.1 Å². The van der Waals surface area contributed by atoms with Crippen LogP contribution in [0.15, 0.2) is 65.6 Å². The van der Waals surface area contributed by atoms with E-state index in [0.717, 1.165) is 16.7 Å². The van der Waals surface area contributed by atoms with E-state index in [-0.39, 0.29) is 10.5 Å². The van der Waals surface area contributed by atoms with E-state index < -0.39 is 15.9 Å². The number of aryl methyl sites for hydroxylation is 3. The minimum atomic E-state index is -3.87. The molecule has 0 bridgehead atoms. The van der Waals surface area contributed by atoms with Crippen LogP contribution in [0.3, 0.4) is 0 Å². The maximum atomic E-state index is 13.1. The summed E-state index contributed by atoms with van der Waals surface area (Å²) in [7, 11) is -2.27. The molecule has 162 valence electrons. The van der Waals surface area contributed by atoms with Crippen LogP contribution in [0.4, 0.5) is 11.4 Å². The molecule has 7 heteroatoms. The molecule has 6 nitrogen and oxygen atoms in total. The Hall–Kier alpha value is -3.16. The SMILES string of the molecule is COCc1cccc(NC(=O)c2ccc(C)c(S(=O)(=O)Nc3cc(C)ccc3C)c2)c1. The lowest BCUT2D eigenvalue weighted by Crippen LogP contribution is -2.17. The van der Waals surface area contributed by atoms with Gasteiger partial charge in [-0.25, -0.2) is 8.42 Å². The van der Waals surface area contributed by atoms with Gasteiger partial charge in [0, 0.05) is 18.4 Å². The molecule has 2 N–H and O–H groups in total. The Labute approximate surface area is 183 Å². The Morgan fingerprint density at radius 2 is 1.68 bits per heavy atom. The van der Waals surface area contributed by atoms with Gasteiger partial charge in [0.1, 0.15) is 0 Å². The molecule has 0 unspecified atom stereocenters. The van der Waals surface area contributed by atoms with Gasteiger partial charge in [-0.3, -0.25) is 9.52 Å². The van der Waals surface area contributed by atoms with Crippen molar-refractivity contribution in [2.45, 2.75) is 32.3 Å². The lowest BCUT2D eigenvalue weighted by molar-refractivity contribution is 0.102. The monoisotopic (exact) mass is 438 g/mol. The molecule has 0 saturated heterocycles. The summed E-state index contributed by atoms with van der Waals surface area (Å²) in [6.07, 6.45) is 0. The summed E-state index contributed by atoms with van der Waals surface area (Å²) in [5, 5.41) is 2.81. The van der Waals surface area contributed by atoms with Gasteiger partial charge >= 0.3 is 0 Å². The summed E-state index contributed by atoms with van der Waals surface area (Å²) in [5.41, 5.74) is 4.62. The highest BCUT2D eigenvalue weighted by atomic mass is 32.2. The van der Waals surface area contributed by atoms with E-state index in [0.29, 0.717) is 23.5 Å². The van der Waals surface area contributed by atoms with Crippen LogP contribution >= 0.6 is 0 Å². The highest BCUT2D eigenvalue weighted by Gasteiger charge is 2.20. The average Bonchev–Trinajstić information content (AvgIpc) is 2.71. The summed E-state index contributed by atoms with van der Waals surface area (Å²) in [4.78, 5) is 12.8. The second-order valence-electron chi connectivity index (χ2n) is 7.49. The van der Waals surface area contributed by atoms with Gasteiger partial charge in [-0.2, -0.15) is 0 Å². The Morgan fingerprint density at radius 3 is 2.42 bits per heavy atom. The number of carbonyl (C=O) groups excluding carboxylic acids is 1. The van der Waals surface area contributed by atoms with Gasteiger partial charge in [0.15, 0.2) is 0 Å². The number of amides is 1. The minimum absolute atomic E-state index is 0.0641. The number of hydrogen-bond donors (Lipinski definition) is 2. The molecule has 31 heavy (non-hydrogen) atoms. The first kappa shape index (κ1) is 22.5. The van der Waals surface area contributed by atoms with Crippen LogP contribution < -0.4 is 10.0 Å². The molecule has 0 saturated carbocycles. The van der Waals surface area contributed by atoms with E-state index >= 15 is 0 Å². The Bertz CT molecular complexity index is 1220. The summed E-state index contributed by atoms with van der Waals surface area (Å²) >= 11 is 0. The lowest BCUT2D eigenvalue weighted by Gasteiger charge is -2.14. The maximum Gasteiger partial charge on any atom is 0.262 e. The molecular weight excluding hydrogens is 412 g/mol. The fraction of sp³-hybridized carbons (Fsp3) is 0.208. The molecule has 0 atom stereocenters. The number of benzene rings is 3. The molecule has 3 aromatic rings. The molecule has 0 aliphatic heterocycles. The van der Waals surface area contributed by atoms with Crippen molar-refractivity contribution < 1.29 is 17.9 Å². The molecule has 0 aromatic heterocycles. The average molecular weight is 439 g/mol. The predicted molar refractivity (Wildman–Crippen MR) is 123 cm³/mol. The highest BCUT2D eigenvalue weighted by molar-refractivity contribution is 7.92. The zero-order valence-corrected chi connectivity index (χ0v) is 18.8. The van der Waals surface area contributed by atoms with Crippen molar-refractivity contribution in [2.24, 2.45) is 0 Å². The van der Waals surface area contributed by atoms with E-state index in [1.54, 1.807) is 38.3 Å². The van der Waals surface area contributed by atoms with Crippen LogP contribution in [0.25, 0.3) is 0 Å². The van der Waals surface area contributed by atoms with Crippen molar-refractivity contribution >= 4 is 27.3 Å². The van der Waals surface area contributed by atoms with Gasteiger partial charge < -0.3 is 10.1 Å². The van der Waals surface area contributed by atoms with Crippen LogP contribution in [0.2, 0.25) is 0 Å². The predicted octanol–water partition coefficient (Wildman–Crippen LogP) is 4.81. The Morgan fingerprint density at radius 1 is 0.935 bits per heavy atom. The number of sulfonamides is 1. The summed E-state index contributed by atoms with van der Waals surface area (Å²) in [6.45, 7) is 5.87. The van der Waals surface area contributed by atoms with Gasteiger partial charge in [-0.05, 0) is 73.4 Å². The fourth-order valence-electron chi connectivity index (χ4n) is 3.19. The first-order valence-electron chi connectivity index (χ1n) is 9.79. The second kappa shape index (κ2) is 9.32. The van der Waals surface area contributed by atoms with Crippen LogP contribution in [0.5, 0.6) is 0 Å². The summed E-state index contributed by atoms with van der Waals surface area (Å²) < 4.78 is 33.9. The molecule has 0 spiro atoms. The number of hydrogen-bond acceptors (Lipinski definition) is 4. The number of ether oxygens (including phenoxy) is 1. The lowest BCUT2D eigenvalue weighted by atomic mass is 10.1. The molecule has 0 heterocycles. The quantitative estimate of drug-likeness (QED) is 0.554. The smallest absolute Gasteiger partial charge is 0.262 e. The van der Waals surface area contributed by atoms with Crippen LogP contribution in [-0.2, 0) is 21.4 Å². The largest absolute Gasteiger partial charge is 0.380 e. The zero-order chi connectivity index (χ0) is 22.6. The second-order valence-corrected chi connectivity index (χ2v) is 9.14. The van der Waals surface area contributed by atoms with E-state index in [2.05, 4.69) is 10.0 Å². The van der Waals surface area contributed by atoms with Gasteiger partial charge in [-0.1, -0.05) is 30.3 Å². The van der Waals surface area contributed by atoms with Gasteiger partial charge in [0.2, 0.25) is 0 Å². The third-order valence-corrected chi connectivity index (χ3v) is 6.38. The van der Waals surface area contributed by atoms with Crippen LogP contribution in [0, 0.1) is 20.8 Å². The van der Waals surface area contributed by atoms with Crippen molar-refractivity contribution in [3.63, 3.8) is 0 Å². The summed E-state index contributed by atoms with van der Waals surface area (Å²) in [5.74, 6) is -0.391.